The van der Waals surface area contributed by atoms with E-state index in [-0.39, 0.29) is 29.4 Å². The van der Waals surface area contributed by atoms with Gasteiger partial charge in [-0.15, -0.1) is 24.0 Å². The molecule has 0 saturated heterocycles. The van der Waals surface area contributed by atoms with Gasteiger partial charge in [0.2, 0.25) is 0 Å². The van der Waals surface area contributed by atoms with Crippen LogP contribution in [0, 0.1) is 0 Å². The standard InChI is InChI=1S/C16H25F2N3.HI/c1-5-12-6-8-13(9-7-12)16(2,3)11-21-15(19-4)20-10-14(17)18;/h6-9,14H,5,10-11H2,1-4H3,(H2,19,20,21);1H. The largest absolute Gasteiger partial charge is 0.356 e. The van der Waals surface area contributed by atoms with E-state index >= 15 is 0 Å². The molecule has 0 fully saturated rings. The van der Waals surface area contributed by atoms with Crippen LogP contribution in [-0.4, -0.2) is 32.5 Å². The van der Waals surface area contributed by atoms with E-state index in [0.717, 1.165) is 6.42 Å². The minimum absolute atomic E-state index is 0. The quantitative estimate of drug-likeness (QED) is 0.416. The van der Waals surface area contributed by atoms with Gasteiger partial charge < -0.3 is 10.6 Å². The van der Waals surface area contributed by atoms with Crippen LogP contribution in [0.5, 0.6) is 0 Å². The van der Waals surface area contributed by atoms with Crippen molar-refractivity contribution in [2.24, 2.45) is 4.99 Å². The average molecular weight is 425 g/mol. The van der Waals surface area contributed by atoms with Crippen LogP contribution in [0.25, 0.3) is 0 Å². The van der Waals surface area contributed by atoms with Crippen molar-refractivity contribution in [2.75, 3.05) is 20.1 Å². The van der Waals surface area contributed by atoms with Crippen LogP contribution >= 0.6 is 24.0 Å². The molecule has 0 aliphatic rings. The van der Waals surface area contributed by atoms with E-state index in [0.29, 0.717) is 12.5 Å². The molecule has 0 aromatic heterocycles. The number of benzene rings is 1. The van der Waals surface area contributed by atoms with E-state index in [1.165, 1.54) is 11.1 Å². The number of hydrogen-bond donors (Lipinski definition) is 2. The van der Waals surface area contributed by atoms with E-state index in [2.05, 4.69) is 60.7 Å². The summed E-state index contributed by atoms with van der Waals surface area (Å²) in [5.74, 6) is 0.397. The Labute approximate surface area is 149 Å². The fourth-order valence-electron chi connectivity index (χ4n) is 1.99. The highest BCUT2D eigenvalue weighted by Gasteiger charge is 2.21. The van der Waals surface area contributed by atoms with Crippen molar-refractivity contribution in [3.05, 3.63) is 35.4 Å². The first-order valence-corrected chi connectivity index (χ1v) is 7.21. The van der Waals surface area contributed by atoms with Crippen LogP contribution in [0.4, 0.5) is 8.78 Å². The smallest absolute Gasteiger partial charge is 0.255 e. The Morgan fingerprint density at radius 2 is 1.77 bits per heavy atom. The Balaban J connectivity index is 0.00000441. The van der Waals surface area contributed by atoms with E-state index < -0.39 is 13.0 Å². The first kappa shape index (κ1) is 21.1. The summed E-state index contributed by atoms with van der Waals surface area (Å²) in [6.07, 6.45) is -1.37. The summed E-state index contributed by atoms with van der Waals surface area (Å²) in [5.41, 5.74) is 2.39. The second-order valence-electron chi connectivity index (χ2n) is 5.63. The van der Waals surface area contributed by atoms with Crippen molar-refractivity contribution < 1.29 is 8.78 Å². The van der Waals surface area contributed by atoms with Gasteiger partial charge in [-0.3, -0.25) is 4.99 Å². The van der Waals surface area contributed by atoms with Crippen LogP contribution in [0.15, 0.2) is 29.3 Å². The molecule has 0 atom stereocenters. The van der Waals surface area contributed by atoms with Crippen LogP contribution in [0.3, 0.4) is 0 Å². The molecule has 1 aromatic rings. The number of rotatable bonds is 6. The Morgan fingerprint density at radius 1 is 1.18 bits per heavy atom. The SMILES string of the molecule is CCc1ccc(C(C)(C)CNC(=NC)NCC(F)F)cc1.I. The topological polar surface area (TPSA) is 36.4 Å². The fourth-order valence-corrected chi connectivity index (χ4v) is 1.99. The number of nitrogens with zero attached hydrogens (tertiary/aromatic N) is 1. The molecule has 0 bridgehead atoms. The summed E-state index contributed by atoms with van der Waals surface area (Å²) in [6.45, 7) is 6.57. The van der Waals surface area contributed by atoms with Gasteiger partial charge in [0.25, 0.3) is 6.43 Å². The molecule has 22 heavy (non-hydrogen) atoms. The predicted molar refractivity (Wildman–Crippen MR) is 99.6 cm³/mol. The third-order valence-electron chi connectivity index (χ3n) is 3.49. The Hall–Kier alpha value is -0.920. The van der Waals surface area contributed by atoms with Gasteiger partial charge in [-0.25, -0.2) is 8.78 Å². The number of aryl methyl sites for hydroxylation is 1. The van der Waals surface area contributed by atoms with Gasteiger partial charge in [-0.2, -0.15) is 0 Å². The number of guanidine groups is 1. The molecule has 2 N–H and O–H groups in total. The molecular weight excluding hydrogens is 399 g/mol. The molecule has 0 unspecified atom stereocenters. The summed E-state index contributed by atoms with van der Waals surface area (Å²) in [5, 5.41) is 5.70. The van der Waals surface area contributed by atoms with Crippen molar-refractivity contribution in [2.45, 2.75) is 39.0 Å². The van der Waals surface area contributed by atoms with Gasteiger partial charge in [0.05, 0.1) is 6.54 Å². The zero-order valence-corrected chi connectivity index (χ0v) is 15.9. The van der Waals surface area contributed by atoms with Crippen molar-refractivity contribution in [1.82, 2.24) is 10.6 Å². The first-order chi connectivity index (χ1) is 9.89. The fraction of sp³-hybridized carbons (Fsp3) is 0.562. The number of aliphatic imine (C=N–C) groups is 1. The van der Waals surface area contributed by atoms with Gasteiger partial charge >= 0.3 is 0 Å². The average Bonchev–Trinajstić information content (AvgIpc) is 2.47. The lowest BCUT2D eigenvalue weighted by atomic mass is 9.84. The molecular formula is C16H26F2IN3. The highest BCUT2D eigenvalue weighted by atomic mass is 127. The lowest BCUT2D eigenvalue weighted by Crippen LogP contribution is -2.44. The van der Waals surface area contributed by atoms with Crippen LogP contribution in [0.2, 0.25) is 0 Å². The molecule has 126 valence electrons. The molecule has 0 aliphatic heterocycles. The normalized spacial score (nSPS) is 12.0. The summed E-state index contributed by atoms with van der Waals surface area (Å²) in [6, 6.07) is 8.49. The zero-order chi connectivity index (χ0) is 15.9. The molecule has 3 nitrogen and oxygen atoms in total. The Morgan fingerprint density at radius 3 is 2.23 bits per heavy atom. The van der Waals surface area contributed by atoms with Crippen LogP contribution in [0.1, 0.15) is 31.9 Å². The molecule has 0 aliphatic carbocycles. The number of alkyl halides is 2. The van der Waals surface area contributed by atoms with Crippen LogP contribution in [-0.2, 0) is 11.8 Å². The Kier molecular flexibility index (Phi) is 9.55. The van der Waals surface area contributed by atoms with Crippen LogP contribution < -0.4 is 10.6 Å². The minimum Gasteiger partial charge on any atom is -0.356 e. The molecule has 1 rings (SSSR count). The van der Waals surface area contributed by atoms with Gasteiger partial charge in [-0.1, -0.05) is 45.0 Å². The third-order valence-corrected chi connectivity index (χ3v) is 3.49. The Bertz CT molecular complexity index is 459. The van der Waals surface area contributed by atoms with Gasteiger partial charge in [0.15, 0.2) is 5.96 Å². The number of hydrogen-bond acceptors (Lipinski definition) is 1. The molecule has 0 amide bonds. The van der Waals surface area contributed by atoms with E-state index in [1.54, 1.807) is 7.05 Å². The predicted octanol–water partition coefficient (Wildman–Crippen LogP) is 3.57. The molecule has 1 aromatic carbocycles. The van der Waals surface area contributed by atoms with Gasteiger partial charge in [0.1, 0.15) is 0 Å². The van der Waals surface area contributed by atoms with E-state index in [9.17, 15) is 8.78 Å². The molecule has 6 heteroatoms. The minimum atomic E-state index is -2.39. The highest BCUT2D eigenvalue weighted by Crippen LogP contribution is 2.22. The molecule has 0 radical (unpaired) electrons. The maximum absolute atomic E-state index is 12.2. The highest BCUT2D eigenvalue weighted by molar-refractivity contribution is 14.0. The molecule has 0 saturated carbocycles. The molecule has 0 heterocycles. The summed E-state index contributed by atoms with van der Waals surface area (Å²) >= 11 is 0. The zero-order valence-electron chi connectivity index (χ0n) is 13.6. The van der Waals surface area contributed by atoms with Gasteiger partial charge in [-0.05, 0) is 17.5 Å². The molecule has 0 spiro atoms. The summed E-state index contributed by atoms with van der Waals surface area (Å²) in [7, 11) is 1.57. The third kappa shape index (κ3) is 6.89. The maximum atomic E-state index is 12.2. The lowest BCUT2D eigenvalue weighted by molar-refractivity contribution is 0.152. The summed E-state index contributed by atoms with van der Waals surface area (Å²) in [4.78, 5) is 3.95. The van der Waals surface area contributed by atoms with Crippen molar-refractivity contribution in [3.8, 4) is 0 Å². The number of halogens is 3. The van der Waals surface area contributed by atoms with Crippen molar-refractivity contribution in [3.63, 3.8) is 0 Å². The van der Waals surface area contributed by atoms with Gasteiger partial charge in [0, 0.05) is 19.0 Å². The lowest BCUT2D eigenvalue weighted by Gasteiger charge is -2.27. The second kappa shape index (κ2) is 9.97. The second-order valence-corrected chi connectivity index (χ2v) is 5.63. The summed E-state index contributed by atoms with van der Waals surface area (Å²) < 4.78 is 24.4. The maximum Gasteiger partial charge on any atom is 0.255 e. The number of nitrogens with one attached hydrogen (secondary N) is 2. The monoisotopic (exact) mass is 425 g/mol. The van der Waals surface area contributed by atoms with Crippen molar-refractivity contribution in [1.29, 1.82) is 0 Å². The first-order valence-electron chi connectivity index (χ1n) is 7.21. The van der Waals surface area contributed by atoms with E-state index in [1.807, 2.05) is 0 Å². The van der Waals surface area contributed by atoms with Crippen molar-refractivity contribution >= 4 is 29.9 Å². The van der Waals surface area contributed by atoms with E-state index in [4.69, 9.17) is 0 Å².